The highest BCUT2D eigenvalue weighted by molar-refractivity contribution is 6.31. The number of halogens is 1. The van der Waals surface area contributed by atoms with Gasteiger partial charge in [0, 0.05) is 24.3 Å². The van der Waals surface area contributed by atoms with Gasteiger partial charge in [0.2, 0.25) is 0 Å². The number of hydrogen-bond donors (Lipinski definition) is 1. The van der Waals surface area contributed by atoms with Crippen LogP contribution in [-0.4, -0.2) is 30.2 Å². The highest BCUT2D eigenvalue weighted by atomic mass is 35.5. The predicted molar refractivity (Wildman–Crippen MR) is 124 cm³/mol. The number of aromatic amines is 1. The van der Waals surface area contributed by atoms with Crippen LogP contribution in [0.15, 0.2) is 52.6 Å². The van der Waals surface area contributed by atoms with Crippen molar-refractivity contribution in [3.8, 4) is 0 Å². The van der Waals surface area contributed by atoms with Crippen LogP contribution in [0.25, 0.3) is 6.08 Å². The van der Waals surface area contributed by atoms with E-state index < -0.39 is 0 Å². The largest absolute Gasteiger partial charge is 0.466 e. The summed E-state index contributed by atoms with van der Waals surface area (Å²) in [6.07, 6.45) is 8.45. The summed E-state index contributed by atoms with van der Waals surface area (Å²) in [5.74, 6) is 3.50. The number of unbranched alkanes of at least 4 members (excludes halogenated alkanes) is 1. The molecule has 0 saturated carbocycles. The number of rotatable bonds is 10. The summed E-state index contributed by atoms with van der Waals surface area (Å²) in [6.45, 7) is 4.81. The van der Waals surface area contributed by atoms with Gasteiger partial charge in [-0.3, -0.25) is 0 Å². The molecule has 3 aromatic heterocycles. The van der Waals surface area contributed by atoms with Crippen LogP contribution in [0.1, 0.15) is 54.2 Å². The Bertz CT molecular complexity index is 1180. The number of nitrogens with one attached hydrogen (secondary N) is 1. The van der Waals surface area contributed by atoms with E-state index in [-0.39, 0.29) is 0 Å². The standard InChI is InChI=1S/C24H27ClN6O/c1-3-4-9-24-26-15-20(31(24)16-19-7-5-6-8-22(19)25)12-18(14-23-27-29-30-28-23)13-21-11-10-17(2)32-21/h5-8,10-12,15H,3-4,9,13-14,16H2,1-2H3,(H,27,28,29,30)/b18-12-. The third kappa shape index (κ3) is 5.53. The highest BCUT2D eigenvalue weighted by Gasteiger charge is 2.14. The minimum Gasteiger partial charge on any atom is -0.466 e. The molecule has 0 spiro atoms. The molecule has 0 fully saturated rings. The maximum Gasteiger partial charge on any atom is 0.178 e. The highest BCUT2D eigenvalue weighted by Crippen LogP contribution is 2.22. The fourth-order valence-electron chi connectivity index (χ4n) is 3.70. The molecule has 0 aliphatic carbocycles. The smallest absolute Gasteiger partial charge is 0.178 e. The average Bonchev–Trinajstić information content (AvgIpc) is 3.52. The van der Waals surface area contributed by atoms with Gasteiger partial charge in [0.25, 0.3) is 0 Å². The van der Waals surface area contributed by atoms with E-state index in [1.165, 1.54) is 0 Å². The fraction of sp³-hybridized carbons (Fsp3) is 0.333. The van der Waals surface area contributed by atoms with Crippen molar-refractivity contribution in [2.45, 2.75) is 52.5 Å². The minimum atomic E-state index is 0.567. The Morgan fingerprint density at radius 3 is 2.78 bits per heavy atom. The van der Waals surface area contributed by atoms with Crippen molar-refractivity contribution in [1.82, 2.24) is 30.2 Å². The van der Waals surface area contributed by atoms with Gasteiger partial charge in [-0.2, -0.15) is 5.21 Å². The summed E-state index contributed by atoms with van der Waals surface area (Å²) >= 11 is 6.47. The Hall–Kier alpha value is -3.19. The summed E-state index contributed by atoms with van der Waals surface area (Å²) in [4.78, 5) is 4.74. The van der Waals surface area contributed by atoms with Crippen LogP contribution in [0.5, 0.6) is 0 Å². The quantitative estimate of drug-likeness (QED) is 0.358. The number of furan rings is 1. The SMILES string of the molecule is CCCCc1ncc(/C=C(\Cc2nn[nH]n2)Cc2ccc(C)o2)n1Cc1ccccc1Cl. The van der Waals surface area contributed by atoms with E-state index in [9.17, 15) is 0 Å². The normalized spacial score (nSPS) is 11.9. The molecule has 0 aliphatic heterocycles. The van der Waals surface area contributed by atoms with Crippen LogP contribution in [0, 0.1) is 6.92 Å². The van der Waals surface area contributed by atoms with E-state index in [0.29, 0.717) is 25.2 Å². The molecule has 0 saturated heterocycles. The van der Waals surface area contributed by atoms with Crippen molar-refractivity contribution >= 4 is 17.7 Å². The zero-order valence-corrected chi connectivity index (χ0v) is 19.1. The van der Waals surface area contributed by atoms with E-state index in [0.717, 1.165) is 58.5 Å². The molecule has 7 nitrogen and oxygen atoms in total. The molecule has 0 aliphatic rings. The zero-order chi connectivity index (χ0) is 22.3. The van der Waals surface area contributed by atoms with Gasteiger partial charge in [-0.25, -0.2) is 4.98 Å². The van der Waals surface area contributed by atoms with Crippen LogP contribution in [0.2, 0.25) is 5.02 Å². The monoisotopic (exact) mass is 450 g/mol. The molecule has 0 atom stereocenters. The second kappa shape index (κ2) is 10.4. The van der Waals surface area contributed by atoms with Crippen molar-refractivity contribution < 1.29 is 4.42 Å². The maximum absolute atomic E-state index is 6.47. The topological polar surface area (TPSA) is 85.4 Å². The Morgan fingerprint density at radius 1 is 1.19 bits per heavy atom. The first-order valence-corrected chi connectivity index (χ1v) is 11.2. The van der Waals surface area contributed by atoms with Crippen LogP contribution in [0.4, 0.5) is 0 Å². The number of imidazole rings is 1. The molecule has 3 heterocycles. The molecular formula is C24H27ClN6O. The molecule has 166 valence electrons. The van der Waals surface area contributed by atoms with Gasteiger partial charge in [-0.05, 0) is 43.2 Å². The van der Waals surface area contributed by atoms with E-state index in [1.807, 2.05) is 43.5 Å². The third-order valence-corrected chi connectivity index (χ3v) is 5.70. The number of tetrazole rings is 1. The molecular weight excluding hydrogens is 424 g/mol. The van der Waals surface area contributed by atoms with Crippen LogP contribution >= 0.6 is 11.6 Å². The first-order valence-electron chi connectivity index (χ1n) is 10.9. The second-order valence-corrected chi connectivity index (χ2v) is 8.28. The first-order chi connectivity index (χ1) is 15.6. The summed E-state index contributed by atoms with van der Waals surface area (Å²) in [7, 11) is 0. The number of benzene rings is 1. The van der Waals surface area contributed by atoms with Crippen molar-refractivity contribution in [2.24, 2.45) is 0 Å². The van der Waals surface area contributed by atoms with Gasteiger partial charge in [0.15, 0.2) is 5.82 Å². The van der Waals surface area contributed by atoms with Crippen molar-refractivity contribution in [3.63, 3.8) is 0 Å². The number of H-pyrrole nitrogens is 1. The lowest BCUT2D eigenvalue weighted by Crippen LogP contribution is -2.08. The Balaban J connectivity index is 1.70. The summed E-state index contributed by atoms with van der Waals surface area (Å²) in [6, 6.07) is 11.9. The van der Waals surface area contributed by atoms with Gasteiger partial charge in [0.05, 0.1) is 18.4 Å². The molecule has 0 radical (unpaired) electrons. The number of aryl methyl sites for hydroxylation is 2. The van der Waals surface area contributed by atoms with Crippen LogP contribution in [-0.2, 0) is 25.8 Å². The molecule has 4 rings (SSSR count). The summed E-state index contributed by atoms with van der Waals surface area (Å²) in [5, 5.41) is 15.3. The van der Waals surface area contributed by atoms with E-state index in [1.54, 1.807) is 0 Å². The van der Waals surface area contributed by atoms with E-state index >= 15 is 0 Å². The van der Waals surface area contributed by atoms with Crippen LogP contribution < -0.4 is 0 Å². The van der Waals surface area contributed by atoms with Crippen molar-refractivity contribution in [3.05, 3.63) is 87.6 Å². The number of aromatic nitrogens is 6. The zero-order valence-electron chi connectivity index (χ0n) is 18.4. The Labute approximate surface area is 192 Å². The van der Waals surface area contributed by atoms with Gasteiger partial charge < -0.3 is 8.98 Å². The third-order valence-electron chi connectivity index (χ3n) is 5.33. The van der Waals surface area contributed by atoms with E-state index in [2.05, 4.69) is 44.3 Å². The molecule has 0 unspecified atom stereocenters. The summed E-state index contributed by atoms with van der Waals surface area (Å²) < 4.78 is 8.08. The van der Waals surface area contributed by atoms with Gasteiger partial charge >= 0.3 is 0 Å². The lowest BCUT2D eigenvalue weighted by atomic mass is 10.1. The molecule has 0 bridgehead atoms. The second-order valence-electron chi connectivity index (χ2n) is 7.88. The van der Waals surface area contributed by atoms with Crippen molar-refractivity contribution in [1.29, 1.82) is 0 Å². The maximum atomic E-state index is 6.47. The Morgan fingerprint density at radius 2 is 2.06 bits per heavy atom. The lowest BCUT2D eigenvalue weighted by molar-refractivity contribution is 0.491. The minimum absolute atomic E-state index is 0.567. The van der Waals surface area contributed by atoms with E-state index in [4.69, 9.17) is 21.0 Å². The van der Waals surface area contributed by atoms with Crippen LogP contribution in [0.3, 0.4) is 0 Å². The predicted octanol–water partition coefficient (Wildman–Crippen LogP) is 5.21. The first kappa shape index (κ1) is 22.0. The average molecular weight is 451 g/mol. The van der Waals surface area contributed by atoms with Gasteiger partial charge in [-0.15, -0.1) is 10.2 Å². The number of nitrogens with zero attached hydrogens (tertiary/aromatic N) is 5. The van der Waals surface area contributed by atoms with Crippen molar-refractivity contribution in [2.75, 3.05) is 0 Å². The molecule has 1 N–H and O–H groups in total. The molecule has 1 aromatic carbocycles. The molecule has 8 heteroatoms. The van der Waals surface area contributed by atoms with Gasteiger partial charge in [0.1, 0.15) is 17.3 Å². The lowest BCUT2D eigenvalue weighted by Gasteiger charge is -2.13. The molecule has 4 aromatic rings. The van der Waals surface area contributed by atoms with Gasteiger partial charge in [-0.1, -0.05) is 53.9 Å². The Kier molecular flexibility index (Phi) is 7.17. The fourth-order valence-corrected chi connectivity index (χ4v) is 3.89. The number of hydrogen-bond acceptors (Lipinski definition) is 5. The number of allylic oxidation sites excluding steroid dienone is 1. The summed E-state index contributed by atoms with van der Waals surface area (Å²) in [5.41, 5.74) is 3.21. The molecule has 32 heavy (non-hydrogen) atoms. The molecule has 0 amide bonds.